The molecule has 0 N–H and O–H groups in total. The van der Waals surface area contributed by atoms with Gasteiger partial charge in [-0.1, -0.05) is 6.07 Å². The number of ether oxygens (including phenoxy) is 2. The lowest BCUT2D eigenvalue weighted by molar-refractivity contribution is 0.0548. The Kier molecular flexibility index (Phi) is 3.64. The van der Waals surface area contributed by atoms with Crippen molar-refractivity contribution in [3.8, 4) is 5.75 Å². The molecule has 1 aliphatic heterocycles. The van der Waals surface area contributed by atoms with Gasteiger partial charge in [-0.25, -0.2) is 10.0 Å². The highest BCUT2D eigenvalue weighted by atomic mass is 16.5. The quantitative estimate of drug-likeness (QED) is 0.624. The third kappa shape index (κ3) is 2.65. The van der Waals surface area contributed by atoms with E-state index in [0.29, 0.717) is 12.4 Å². The van der Waals surface area contributed by atoms with E-state index in [1.807, 2.05) is 6.07 Å². The average Bonchev–Trinajstić information content (AvgIpc) is 2.94. The van der Waals surface area contributed by atoms with Crippen molar-refractivity contribution in [2.75, 3.05) is 20.3 Å². The lowest BCUT2D eigenvalue weighted by atomic mass is 10.1. The van der Waals surface area contributed by atoms with E-state index in [9.17, 15) is 4.91 Å². The smallest absolute Gasteiger partial charge is 0.214 e. The molecule has 3 rings (SSSR count). The summed E-state index contributed by atoms with van der Waals surface area (Å²) >= 11 is 0. The number of nitrogens with zero attached hydrogens (tertiary/aromatic N) is 3. The molecule has 1 aliphatic carbocycles. The van der Waals surface area contributed by atoms with Crippen LogP contribution in [0.5, 0.6) is 5.75 Å². The highest BCUT2D eigenvalue weighted by Gasteiger charge is 2.20. The molecule has 1 aromatic carbocycles. The lowest BCUT2D eigenvalue weighted by Crippen LogP contribution is -2.36. The first kappa shape index (κ1) is 13.1. The van der Waals surface area contributed by atoms with E-state index >= 15 is 0 Å². The molecule has 0 saturated carbocycles. The molecular weight excluding hydrogens is 258 g/mol. The number of aryl methyl sites for hydroxylation is 2. The van der Waals surface area contributed by atoms with Crippen molar-refractivity contribution in [1.82, 2.24) is 5.01 Å². The standard InChI is InChI=1S/C14H17N3O3/c1-17(16-18)13-8-19-9-14(15-13)20-12-6-5-10-3-2-4-11(10)7-12/h5-7,14H,2-4,8-9H2,1H3. The Labute approximate surface area is 117 Å². The van der Waals surface area contributed by atoms with Crippen molar-refractivity contribution in [3.05, 3.63) is 34.2 Å². The van der Waals surface area contributed by atoms with Crippen molar-refractivity contribution in [1.29, 1.82) is 0 Å². The largest absolute Gasteiger partial charge is 0.466 e. The molecule has 1 aromatic rings. The monoisotopic (exact) mass is 275 g/mol. The number of amidine groups is 1. The number of rotatable bonds is 3. The van der Waals surface area contributed by atoms with Crippen LogP contribution in [0.1, 0.15) is 17.5 Å². The van der Waals surface area contributed by atoms with Crippen LogP contribution in [-0.2, 0) is 17.6 Å². The van der Waals surface area contributed by atoms with E-state index < -0.39 is 6.23 Å². The summed E-state index contributed by atoms with van der Waals surface area (Å²) in [5.41, 5.74) is 2.77. The maximum Gasteiger partial charge on any atom is 0.214 e. The van der Waals surface area contributed by atoms with E-state index in [1.54, 1.807) is 7.05 Å². The van der Waals surface area contributed by atoms with Crippen molar-refractivity contribution < 1.29 is 9.47 Å². The summed E-state index contributed by atoms with van der Waals surface area (Å²) in [4.78, 5) is 14.8. The molecule has 6 nitrogen and oxygen atoms in total. The Bertz CT molecular complexity index is 544. The van der Waals surface area contributed by atoms with Crippen LogP contribution in [0.15, 0.2) is 28.5 Å². The Hall–Kier alpha value is -1.95. The maximum absolute atomic E-state index is 10.5. The first-order valence-electron chi connectivity index (χ1n) is 6.76. The fourth-order valence-corrected chi connectivity index (χ4v) is 2.55. The first-order chi connectivity index (χ1) is 9.76. The summed E-state index contributed by atoms with van der Waals surface area (Å²) in [6.07, 6.45) is 3.05. The van der Waals surface area contributed by atoms with Gasteiger partial charge in [0.25, 0.3) is 0 Å². The number of hydrogen-bond acceptors (Lipinski definition) is 5. The van der Waals surface area contributed by atoms with Gasteiger partial charge in [0.05, 0.1) is 5.29 Å². The van der Waals surface area contributed by atoms with Gasteiger partial charge < -0.3 is 9.47 Å². The SMILES string of the molecule is CN(N=O)C1=NC(Oc2ccc3c(c2)CCC3)COC1. The Morgan fingerprint density at radius 1 is 1.40 bits per heavy atom. The predicted octanol–water partition coefficient (Wildman–Crippen LogP) is 1.92. The van der Waals surface area contributed by atoms with Gasteiger partial charge in [0.1, 0.15) is 19.0 Å². The number of nitroso groups, excluding NO2 is 1. The van der Waals surface area contributed by atoms with Gasteiger partial charge in [-0.15, -0.1) is 4.91 Å². The molecule has 0 radical (unpaired) electrons. The molecule has 0 fully saturated rings. The third-order valence-electron chi connectivity index (χ3n) is 3.62. The van der Waals surface area contributed by atoms with Crippen LogP contribution in [0.2, 0.25) is 0 Å². The zero-order chi connectivity index (χ0) is 13.9. The van der Waals surface area contributed by atoms with E-state index in [-0.39, 0.29) is 6.61 Å². The van der Waals surface area contributed by atoms with Crippen LogP contribution >= 0.6 is 0 Å². The van der Waals surface area contributed by atoms with E-state index in [0.717, 1.165) is 23.6 Å². The predicted molar refractivity (Wildman–Crippen MR) is 74.7 cm³/mol. The van der Waals surface area contributed by atoms with Crippen LogP contribution < -0.4 is 4.74 Å². The average molecular weight is 275 g/mol. The minimum absolute atomic E-state index is 0.284. The molecule has 0 aromatic heterocycles. The molecule has 106 valence electrons. The van der Waals surface area contributed by atoms with Crippen LogP contribution in [-0.4, -0.2) is 37.3 Å². The molecule has 1 unspecified atom stereocenters. The number of fused-ring (bicyclic) bond motifs is 1. The Balaban J connectivity index is 1.72. The summed E-state index contributed by atoms with van der Waals surface area (Å²) in [6, 6.07) is 6.16. The highest BCUT2D eigenvalue weighted by Crippen LogP contribution is 2.26. The van der Waals surface area contributed by atoms with Crippen molar-refractivity contribution in [2.45, 2.75) is 25.5 Å². The van der Waals surface area contributed by atoms with Gasteiger partial charge in [0.15, 0.2) is 5.84 Å². The van der Waals surface area contributed by atoms with Crippen LogP contribution in [0.25, 0.3) is 0 Å². The van der Waals surface area contributed by atoms with Crippen LogP contribution in [0.4, 0.5) is 0 Å². The summed E-state index contributed by atoms with van der Waals surface area (Å²) in [5, 5.41) is 3.98. The summed E-state index contributed by atoms with van der Waals surface area (Å²) in [7, 11) is 1.55. The molecule has 2 aliphatic rings. The molecule has 1 heterocycles. The third-order valence-corrected chi connectivity index (χ3v) is 3.62. The second kappa shape index (κ2) is 5.58. The topological polar surface area (TPSA) is 63.5 Å². The van der Waals surface area contributed by atoms with Gasteiger partial charge >= 0.3 is 0 Å². The van der Waals surface area contributed by atoms with E-state index in [4.69, 9.17) is 9.47 Å². The fraction of sp³-hybridized carbons (Fsp3) is 0.500. The molecule has 6 heteroatoms. The minimum Gasteiger partial charge on any atom is -0.466 e. The maximum atomic E-state index is 10.5. The van der Waals surface area contributed by atoms with Gasteiger partial charge in [0.2, 0.25) is 6.23 Å². The van der Waals surface area contributed by atoms with Crippen molar-refractivity contribution in [3.63, 3.8) is 0 Å². The van der Waals surface area contributed by atoms with Gasteiger partial charge in [0, 0.05) is 7.05 Å². The Morgan fingerprint density at radius 2 is 2.25 bits per heavy atom. The lowest BCUT2D eigenvalue weighted by Gasteiger charge is -2.23. The van der Waals surface area contributed by atoms with Gasteiger partial charge in [-0.05, 0) is 42.5 Å². The first-order valence-corrected chi connectivity index (χ1v) is 6.76. The second-order valence-electron chi connectivity index (χ2n) is 5.02. The van der Waals surface area contributed by atoms with Crippen LogP contribution in [0, 0.1) is 4.91 Å². The number of hydrogen-bond donors (Lipinski definition) is 0. The fourth-order valence-electron chi connectivity index (χ4n) is 2.55. The summed E-state index contributed by atoms with van der Waals surface area (Å²) < 4.78 is 11.2. The molecule has 0 saturated heterocycles. The van der Waals surface area contributed by atoms with Gasteiger partial charge in [-0.2, -0.15) is 0 Å². The minimum atomic E-state index is -0.428. The summed E-state index contributed by atoms with van der Waals surface area (Å²) in [5.74, 6) is 1.28. The number of aliphatic imine (C=N–C) groups is 1. The summed E-state index contributed by atoms with van der Waals surface area (Å²) in [6.45, 7) is 0.666. The zero-order valence-electron chi connectivity index (χ0n) is 11.4. The molecule has 1 atom stereocenters. The molecule has 20 heavy (non-hydrogen) atoms. The molecule has 0 bridgehead atoms. The molecular formula is C14H17N3O3. The van der Waals surface area contributed by atoms with E-state index in [1.165, 1.54) is 17.5 Å². The van der Waals surface area contributed by atoms with Crippen molar-refractivity contribution >= 4 is 5.84 Å². The van der Waals surface area contributed by atoms with E-state index in [2.05, 4.69) is 22.4 Å². The molecule has 0 amide bonds. The normalized spacial score (nSPS) is 21.1. The zero-order valence-corrected chi connectivity index (χ0v) is 11.4. The highest BCUT2D eigenvalue weighted by molar-refractivity contribution is 5.83. The van der Waals surface area contributed by atoms with Crippen molar-refractivity contribution in [2.24, 2.45) is 10.3 Å². The second-order valence-corrected chi connectivity index (χ2v) is 5.02. The molecule has 0 spiro atoms. The number of likely N-dealkylation sites (N-methyl/N-ethyl adjacent to an activating group) is 1. The Morgan fingerprint density at radius 3 is 3.10 bits per heavy atom. The van der Waals surface area contributed by atoms with Crippen LogP contribution in [0.3, 0.4) is 0 Å². The number of benzene rings is 1. The van der Waals surface area contributed by atoms with Gasteiger partial charge in [-0.3, -0.25) is 0 Å².